The van der Waals surface area contributed by atoms with Gasteiger partial charge in [0.05, 0.1) is 17.2 Å². The van der Waals surface area contributed by atoms with Crippen LogP contribution in [0.4, 0.5) is 5.69 Å². The van der Waals surface area contributed by atoms with E-state index in [-0.39, 0.29) is 35.4 Å². The second kappa shape index (κ2) is 17.4. The number of carbonyl (C=O) groups is 2. The smallest absolute Gasteiger partial charge is 0.264 e. The molecule has 0 saturated heterocycles. The number of halogens is 1. The van der Waals surface area contributed by atoms with Gasteiger partial charge in [-0.3, -0.25) is 13.9 Å². The zero-order chi connectivity index (χ0) is 34.7. The lowest BCUT2D eigenvalue weighted by atomic mass is 10.0. The Bertz CT molecular complexity index is 1750. The molecule has 1 atom stereocenters. The molecule has 0 heterocycles. The monoisotopic (exact) mass is 707 g/mol. The van der Waals surface area contributed by atoms with E-state index in [2.05, 4.69) is 5.32 Å². The van der Waals surface area contributed by atoms with Gasteiger partial charge >= 0.3 is 0 Å². The summed E-state index contributed by atoms with van der Waals surface area (Å²) in [5.74, 6) is -0.385. The molecule has 0 aliphatic rings. The first kappa shape index (κ1) is 36.8. The van der Waals surface area contributed by atoms with Gasteiger partial charge in [0.1, 0.15) is 18.3 Å². The lowest BCUT2D eigenvalue weighted by Gasteiger charge is -2.34. The first-order valence-electron chi connectivity index (χ1n) is 15.8. The molecule has 4 rings (SSSR count). The number of nitrogens with one attached hydrogen (secondary N) is 1. The second-order valence-electron chi connectivity index (χ2n) is 11.6. The Labute approximate surface area is 293 Å². The molecule has 0 aromatic heterocycles. The van der Waals surface area contributed by atoms with Gasteiger partial charge in [0.15, 0.2) is 0 Å². The summed E-state index contributed by atoms with van der Waals surface area (Å²) < 4.78 is 35.7. The van der Waals surface area contributed by atoms with Crippen molar-refractivity contribution in [2.24, 2.45) is 5.92 Å². The Hall–Kier alpha value is -3.99. The van der Waals surface area contributed by atoms with Gasteiger partial charge in [-0.1, -0.05) is 80.0 Å². The third kappa shape index (κ3) is 9.78. The molecule has 4 aromatic carbocycles. The van der Waals surface area contributed by atoms with Crippen molar-refractivity contribution in [3.05, 3.63) is 119 Å². The van der Waals surface area contributed by atoms with E-state index in [9.17, 15) is 18.0 Å². The highest BCUT2D eigenvalue weighted by molar-refractivity contribution is 7.98. The highest BCUT2D eigenvalue weighted by Crippen LogP contribution is 2.33. The van der Waals surface area contributed by atoms with Crippen LogP contribution in [0.15, 0.2) is 113 Å². The summed E-state index contributed by atoms with van der Waals surface area (Å²) in [4.78, 5) is 31.0. The van der Waals surface area contributed by atoms with E-state index >= 15 is 0 Å². The Morgan fingerprint density at radius 3 is 2.15 bits per heavy atom. The number of nitrogens with zero attached hydrogens (tertiary/aromatic N) is 2. The number of ether oxygens (including phenoxy) is 1. The molecule has 0 spiro atoms. The minimum atomic E-state index is -4.27. The highest BCUT2D eigenvalue weighted by atomic mass is 35.5. The van der Waals surface area contributed by atoms with Crippen LogP contribution >= 0.6 is 23.4 Å². The molecule has 11 heteroatoms. The second-order valence-corrected chi connectivity index (χ2v) is 14.8. The SMILES string of the molecule is CCOc1ccccc1N(CC(=O)N(Cc1ccc(Cl)cc1)[C@H](Cc1ccccc1)C(=O)NCC(C)C)S(=O)(=O)c1ccc(SC)cc1. The van der Waals surface area contributed by atoms with Gasteiger partial charge in [0, 0.05) is 29.4 Å². The van der Waals surface area contributed by atoms with Crippen LogP contribution in [0.5, 0.6) is 5.75 Å². The predicted octanol–water partition coefficient (Wildman–Crippen LogP) is 7.07. The molecule has 0 saturated carbocycles. The number of para-hydroxylation sites is 2. The van der Waals surface area contributed by atoms with E-state index < -0.39 is 28.5 Å². The van der Waals surface area contributed by atoms with Crippen LogP contribution in [0.3, 0.4) is 0 Å². The highest BCUT2D eigenvalue weighted by Gasteiger charge is 2.35. The van der Waals surface area contributed by atoms with Crippen molar-refractivity contribution in [1.82, 2.24) is 10.2 Å². The van der Waals surface area contributed by atoms with E-state index in [4.69, 9.17) is 16.3 Å². The normalized spacial score (nSPS) is 12.0. The Kier molecular flexibility index (Phi) is 13.4. The van der Waals surface area contributed by atoms with Crippen molar-refractivity contribution in [3.63, 3.8) is 0 Å². The first-order valence-corrected chi connectivity index (χ1v) is 18.8. The zero-order valence-electron chi connectivity index (χ0n) is 27.6. The Morgan fingerprint density at radius 2 is 1.52 bits per heavy atom. The fraction of sp³-hybridized carbons (Fsp3) is 0.297. The van der Waals surface area contributed by atoms with Gasteiger partial charge in [-0.2, -0.15) is 0 Å². The summed E-state index contributed by atoms with van der Waals surface area (Å²) in [6, 6.07) is 28.8. The van der Waals surface area contributed by atoms with Crippen molar-refractivity contribution < 1.29 is 22.7 Å². The average molecular weight is 708 g/mol. The van der Waals surface area contributed by atoms with Gasteiger partial charge in [0.2, 0.25) is 11.8 Å². The molecule has 254 valence electrons. The van der Waals surface area contributed by atoms with Crippen molar-refractivity contribution in [2.75, 3.05) is 30.3 Å². The van der Waals surface area contributed by atoms with E-state index in [1.54, 1.807) is 67.6 Å². The van der Waals surface area contributed by atoms with Gasteiger partial charge < -0.3 is 15.0 Å². The van der Waals surface area contributed by atoms with Crippen LogP contribution in [-0.2, 0) is 32.6 Å². The molecule has 0 radical (unpaired) electrons. The number of carbonyl (C=O) groups excluding carboxylic acids is 2. The minimum absolute atomic E-state index is 0.0270. The summed E-state index contributed by atoms with van der Waals surface area (Å²) in [6.07, 6.45) is 2.13. The fourth-order valence-corrected chi connectivity index (χ4v) is 7.05. The lowest BCUT2D eigenvalue weighted by molar-refractivity contribution is -0.140. The zero-order valence-corrected chi connectivity index (χ0v) is 30.0. The molecule has 8 nitrogen and oxygen atoms in total. The molecular formula is C37H42ClN3O5S2. The van der Waals surface area contributed by atoms with Crippen LogP contribution in [0.2, 0.25) is 5.02 Å². The summed E-state index contributed by atoms with van der Waals surface area (Å²) in [6.45, 7) is 5.97. The average Bonchev–Trinajstić information content (AvgIpc) is 3.09. The summed E-state index contributed by atoms with van der Waals surface area (Å²) in [5, 5.41) is 3.53. The van der Waals surface area contributed by atoms with Crippen LogP contribution < -0.4 is 14.4 Å². The van der Waals surface area contributed by atoms with Gasteiger partial charge in [-0.15, -0.1) is 11.8 Å². The molecule has 0 aliphatic heterocycles. The maximum absolute atomic E-state index is 14.7. The van der Waals surface area contributed by atoms with Crippen molar-refractivity contribution >= 4 is 50.9 Å². The molecule has 0 fully saturated rings. The van der Waals surface area contributed by atoms with Gasteiger partial charge in [0.25, 0.3) is 10.0 Å². The van der Waals surface area contributed by atoms with Crippen molar-refractivity contribution in [1.29, 1.82) is 0 Å². The van der Waals surface area contributed by atoms with Crippen LogP contribution in [-0.4, -0.2) is 57.1 Å². The van der Waals surface area contributed by atoms with Crippen LogP contribution in [0, 0.1) is 5.92 Å². The molecule has 2 amide bonds. The number of rotatable bonds is 16. The van der Waals surface area contributed by atoms with Gasteiger partial charge in [-0.25, -0.2) is 8.42 Å². The fourth-order valence-electron chi connectivity index (χ4n) is 5.09. The standard InChI is InChI=1S/C37H42ClN3O5S2/c1-5-46-35-14-10-9-13-33(35)41(48(44,45)32-21-19-31(47-4)20-22-32)26-36(42)40(25-29-15-17-30(38)18-16-29)34(37(43)39-24-27(2)3)23-28-11-7-6-8-12-28/h6-22,27,34H,5,23-26H2,1-4H3,(H,39,43)/t34-/m1/s1. The molecular weight excluding hydrogens is 666 g/mol. The van der Waals surface area contributed by atoms with E-state index in [0.717, 1.165) is 20.3 Å². The van der Waals surface area contributed by atoms with Crippen LogP contribution in [0.1, 0.15) is 31.9 Å². The summed E-state index contributed by atoms with van der Waals surface area (Å²) in [5.41, 5.74) is 1.81. The maximum atomic E-state index is 14.7. The minimum Gasteiger partial charge on any atom is -0.492 e. The van der Waals surface area contributed by atoms with E-state index in [1.165, 1.54) is 28.8 Å². The molecule has 48 heavy (non-hydrogen) atoms. The lowest BCUT2D eigenvalue weighted by Crippen LogP contribution is -2.53. The quantitative estimate of drug-likeness (QED) is 0.125. The molecule has 1 N–H and O–H groups in total. The van der Waals surface area contributed by atoms with Crippen molar-refractivity contribution in [2.45, 2.75) is 49.6 Å². The summed E-state index contributed by atoms with van der Waals surface area (Å²) >= 11 is 7.67. The number of sulfonamides is 1. The number of hydrogen-bond acceptors (Lipinski definition) is 6. The first-order chi connectivity index (χ1) is 23.0. The molecule has 4 aromatic rings. The Balaban J connectivity index is 1.83. The van der Waals surface area contributed by atoms with E-state index in [1.807, 2.05) is 50.4 Å². The van der Waals surface area contributed by atoms with E-state index in [0.29, 0.717) is 23.9 Å². The third-order valence-electron chi connectivity index (χ3n) is 7.58. The van der Waals surface area contributed by atoms with Crippen molar-refractivity contribution in [3.8, 4) is 5.75 Å². The number of thioether (sulfide) groups is 1. The molecule has 0 bridgehead atoms. The van der Waals surface area contributed by atoms with Crippen LogP contribution in [0.25, 0.3) is 0 Å². The number of amides is 2. The molecule has 0 unspecified atom stereocenters. The number of anilines is 1. The largest absolute Gasteiger partial charge is 0.492 e. The molecule has 0 aliphatic carbocycles. The Morgan fingerprint density at radius 1 is 0.875 bits per heavy atom. The van der Waals surface area contributed by atoms with Gasteiger partial charge in [-0.05, 0) is 78.8 Å². The third-order valence-corrected chi connectivity index (χ3v) is 10.4. The summed E-state index contributed by atoms with van der Waals surface area (Å²) in [7, 11) is -4.27. The number of hydrogen-bond donors (Lipinski definition) is 1. The maximum Gasteiger partial charge on any atom is 0.264 e. The predicted molar refractivity (Wildman–Crippen MR) is 194 cm³/mol. The number of benzene rings is 4. The topological polar surface area (TPSA) is 96.0 Å².